The number of rotatable bonds is 6. The van der Waals surface area contributed by atoms with Crippen LogP contribution in [0.5, 0.6) is 0 Å². The van der Waals surface area contributed by atoms with E-state index in [1.54, 1.807) is 4.57 Å². The molecule has 0 amide bonds. The summed E-state index contributed by atoms with van der Waals surface area (Å²) in [5.74, 6) is 0.793. The van der Waals surface area contributed by atoms with E-state index in [0.29, 0.717) is 23.5 Å². The molecule has 5 atom stereocenters. The largest absolute Gasteiger partial charge is 0.394 e. The summed E-state index contributed by atoms with van der Waals surface area (Å²) in [6.45, 7) is 2.40. The molecule has 2 aromatic heterocycles. The molecule has 0 spiro atoms. The Morgan fingerprint density at radius 1 is 1.06 bits per heavy atom. The molecule has 3 heterocycles. The van der Waals surface area contributed by atoms with Crippen molar-refractivity contribution in [1.29, 1.82) is 0 Å². The van der Waals surface area contributed by atoms with E-state index in [-0.39, 0.29) is 5.92 Å². The third kappa shape index (κ3) is 3.49. The van der Waals surface area contributed by atoms with Crippen LogP contribution < -0.4 is 5.32 Å². The SMILES string of the molecule is C[C@@H](CNc1ncnc2c1ncn2[C@@H]1O[C@H](CO)[C@@H](O)[C@H]1O)c1cccc2ccccc12. The molecule has 32 heavy (non-hydrogen) atoms. The Kier molecular flexibility index (Phi) is 5.48. The Hall–Kier alpha value is -3.11. The molecule has 0 unspecified atom stereocenters. The Morgan fingerprint density at radius 2 is 1.88 bits per heavy atom. The van der Waals surface area contributed by atoms with E-state index in [0.717, 1.165) is 0 Å². The molecule has 9 heteroatoms. The first kappa shape index (κ1) is 20.8. The molecule has 0 saturated carbocycles. The van der Waals surface area contributed by atoms with Crippen molar-refractivity contribution < 1.29 is 20.1 Å². The predicted octanol–water partition coefficient (Wildman–Crippen LogP) is 1.81. The summed E-state index contributed by atoms with van der Waals surface area (Å²) in [6.07, 6.45) is -1.24. The summed E-state index contributed by atoms with van der Waals surface area (Å²) in [5.41, 5.74) is 2.25. The van der Waals surface area contributed by atoms with Gasteiger partial charge in [-0.15, -0.1) is 0 Å². The molecule has 1 aliphatic rings. The predicted molar refractivity (Wildman–Crippen MR) is 119 cm³/mol. The molecule has 1 saturated heterocycles. The average molecular weight is 435 g/mol. The summed E-state index contributed by atoms with van der Waals surface area (Å²) < 4.78 is 7.17. The molecule has 0 bridgehead atoms. The van der Waals surface area contributed by atoms with E-state index in [1.165, 1.54) is 29.0 Å². The first-order valence-electron chi connectivity index (χ1n) is 10.6. The zero-order valence-corrected chi connectivity index (χ0v) is 17.5. The molecule has 4 N–H and O–H groups in total. The third-order valence-electron chi connectivity index (χ3n) is 6.08. The maximum Gasteiger partial charge on any atom is 0.167 e. The van der Waals surface area contributed by atoms with Gasteiger partial charge < -0.3 is 25.4 Å². The van der Waals surface area contributed by atoms with Crippen LogP contribution in [0.3, 0.4) is 0 Å². The van der Waals surface area contributed by atoms with Crippen LogP contribution in [-0.4, -0.2) is 66.3 Å². The molecular formula is C23H25N5O4. The molecule has 1 aliphatic heterocycles. The topological polar surface area (TPSA) is 126 Å². The van der Waals surface area contributed by atoms with Crippen LogP contribution in [0.2, 0.25) is 0 Å². The summed E-state index contributed by atoms with van der Waals surface area (Å²) >= 11 is 0. The lowest BCUT2D eigenvalue weighted by atomic mass is 9.95. The van der Waals surface area contributed by atoms with Crippen LogP contribution >= 0.6 is 0 Å². The minimum Gasteiger partial charge on any atom is -0.394 e. The summed E-state index contributed by atoms with van der Waals surface area (Å²) in [7, 11) is 0. The van der Waals surface area contributed by atoms with Crippen LogP contribution in [0.1, 0.15) is 24.6 Å². The van der Waals surface area contributed by atoms with Crippen LogP contribution in [-0.2, 0) is 4.74 Å². The number of imidazole rings is 1. The number of aliphatic hydroxyl groups excluding tert-OH is 3. The highest BCUT2D eigenvalue weighted by Crippen LogP contribution is 2.32. The molecule has 9 nitrogen and oxygen atoms in total. The highest BCUT2D eigenvalue weighted by Gasteiger charge is 2.44. The highest BCUT2D eigenvalue weighted by atomic mass is 16.6. The fourth-order valence-electron chi connectivity index (χ4n) is 4.32. The zero-order chi connectivity index (χ0) is 22.2. The Labute approximate surface area is 184 Å². The number of fused-ring (bicyclic) bond motifs is 2. The normalized spacial score (nSPS) is 24.2. The van der Waals surface area contributed by atoms with E-state index in [4.69, 9.17) is 4.74 Å². The maximum absolute atomic E-state index is 10.4. The van der Waals surface area contributed by atoms with E-state index in [9.17, 15) is 15.3 Å². The lowest BCUT2D eigenvalue weighted by Gasteiger charge is -2.17. The fraction of sp³-hybridized carbons (Fsp3) is 0.348. The molecule has 5 rings (SSSR count). The van der Waals surface area contributed by atoms with E-state index in [2.05, 4.69) is 57.5 Å². The Balaban J connectivity index is 1.39. The number of benzene rings is 2. The number of ether oxygens (including phenoxy) is 1. The fourth-order valence-corrected chi connectivity index (χ4v) is 4.32. The van der Waals surface area contributed by atoms with Crippen molar-refractivity contribution >= 4 is 27.8 Å². The van der Waals surface area contributed by atoms with Gasteiger partial charge in [-0.1, -0.05) is 49.4 Å². The monoisotopic (exact) mass is 435 g/mol. The van der Waals surface area contributed by atoms with E-state index >= 15 is 0 Å². The quantitative estimate of drug-likeness (QED) is 0.361. The van der Waals surface area contributed by atoms with Crippen molar-refractivity contribution in [3.63, 3.8) is 0 Å². The molecule has 1 fully saturated rings. The van der Waals surface area contributed by atoms with E-state index < -0.39 is 31.1 Å². The number of aliphatic hydroxyl groups is 3. The lowest BCUT2D eigenvalue weighted by Crippen LogP contribution is -2.33. The van der Waals surface area contributed by atoms with Crippen LogP contribution in [0.25, 0.3) is 21.9 Å². The van der Waals surface area contributed by atoms with Crippen molar-refractivity contribution in [2.75, 3.05) is 18.5 Å². The summed E-state index contributed by atoms with van der Waals surface area (Å²) in [5, 5.41) is 35.6. The second-order valence-corrected chi connectivity index (χ2v) is 8.13. The van der Waals surface area contributed by atoms with Crippen molar-refractivity contribution in [2.24, 2.45) is 0 Å². The lowest BCUT2D eigenvalue weighted by molar-refractivity contribution is -0.0511. The van der Waals surface area contributed by atoms with Gasteiger partial charge in [-0.2, -0.15) is 0 Å². The van der Waals surface area contributed by atoms with Gasteiger partial charge in [-0.25, -0.2) is 15.0 Å². The molecule has 166 valence electrons. The minimum atomic E-state index is -1.21. The van der Waals surface area contributed by atoms with Crippen molar-refractivity contribution in [3.8, 4) is 0 Å². The minimum absolute atomic E-state index is 0.216. The molecule has 0 radical (unpaired) electrons. The number of aromatic nitrogens is 4. The number of nitrogens with zero attached hydrogens (tertiary/aromatic N) is 4. The summed E-state index contributed by atoms with van der Waals surface area (Å²) in [4.78, 5) is 13.1. The van der Waals surface area contributed by atoms with Crippen LogP contribution in [0.4, 0.5) is 5.82 Å². The maximum atomic E-state index is 10.4. The second-order valence-electron chi connectivity index (χ2n) is 8.13. The molecule has 4 aromatic rings. The first-order valence-corrected chi connectivity index (χ1v) is 10.6. The van der Waals surface area contributed by atoms with Gasteiger partial charge in [-0.3, -0.25) is 4.57 Å². The number of hydrogen-bond acceptors (Lipinski definition) is 8. The average Bonchev–Trinajstić information content (AvgIpc) is 3.38. The van der Waals surface area contributed by atoms with Crippen molar-refractivity contribution in [1.82, 2.24) is 19.5 Å². The van der Waals surface area contributed by atoms with Gasteiger partial charge in [0.2, 0.25) is 0 Å². The van der Waals surface area contributed by atoms with Gasteiger partial charge in [0.15, 0.2) is 23.2 Å². The second kappa shape index (κ2) is 8.44. The van der Waals surface area contributed by atoms with Gasteiger partial charge in [-0.05, 0) is 22.3 Å². The van der Waals surface area contributed by atoms with Gasteiger partial charge in [0, 0.05) is 6.54 Å². The van der Waals surface area contributed by atoms with Crippen LogP contribution in [0, 0.1) is 0 Å². The first-order chi connectivity index (χ1) is 15.6. The number of hydrogen-bond donors (Lipinski definition) is 4. The molecule has 0 aliphatic carbocycles. The standard InChI is InChI=1S/C23H25N5O4/c1-13(15-8-4-6-14-5-2-3-7-16(14)15)9-24-21-18-22(26-11-25-21)28(12-27-18)23-20(31)19(30)17(10-29)32-23/h2-8,11-13,17,19-20,23,29-31H,9-10H2,1H3,(H,24,25,26)/t13-,17+,19+,20+,23+/m0/s1. The zero-order valence-electron chi connectivity index (χ0n) is 17.5. The smallest absolute Gasteiger partial charge is 0.167 e. The van der Waals surface area contributed by atoms with Gasteiger partial charge in [0.1, 0.15) is 24.6 Å². The molecule has 2 aromatic carbocycles. The molecular weight excluding hydrogens is 410 g/mol. The number of anilines is 1. The van der Waals surface area contributed by atoms with Crippen molar-refractivity contribution in [2.45, 2.75) is 37.4 Å². The van der Waals surface area contributed by atoms with Gasteiger partial charge >= 0.3 is 0 Å². The highest BCUT2D eigenvalue weighted by molar-refractivity contribution is 5.86. The Morgan fingerprint density at radius 3 is 2.69 bits per heavy atom. The van der Waals surface area contributed by atoms with E-state index in [1.807, 2.05) is 12.1 Å². The Bertz CT molecular complexity index is 1240. The van der Waals surface area contributed by atoms with Gasteiger partial charge in [0.25, 0.3) is 0 Å². The third-order valence-corrected chi connectivity index (χ3v) is 6.08. The van der Waals surface area contributed by atoms with Crippen molar-refractivity contribution in [3.05, 3.63) is 60.7 Å². The van der Waals surface area contributed by atoms with Crippen LogP contribution in [0.15, 0.2) is 55.1 Å². The number of nitrogens with one attached hydrogen (secondary N) is 1. The summed E-state index contributed by atoms with van der Waals surface area (Å²) in [6, 6.07) is 14.6. The van der Waals surface area contributed by atoms with Gasteiger partial charge in [0.05, 0.1) is 12.9 Å².